The summed E-state index contributed by atoms with van der Waals surface area (Å²) in [5.74, 6) is -2.56. The van der Waals surface area contributed by atoms with Crippen LogP contribution in [0.1, 0.15) is 40.0 Å². The lowest BCUT2D eigenvalue weighted by Gasteiger charge is -2.11. The van der Waals surface area contributed by atoms with E-state index in [4.69, 9.17) is 0 Å². The normalized spacial score (nSPS) is 14.6. The molecule has 1 aromatic heterocycles. The highest BCUT2D eigenvalue weighted by atomic mass is 32.2. The van der Waals surface area contributed by atoms with Crippen LogP contribution in [0.15, 0.2) is 0 Å². The minimum atomic E-state index is -0.909. The second-order valence-electron chi connectivity index (χ2n) is 5.61. The van der Waals surface area contributed by atoms with Crippen molar-refractivity contribution < 1.29 is 29.3 Å². The predicted octanol–water partition coefficient (Wildman–Crippen LogP) is 1.90. The Morgan fingerprint density at radius 1 is 0.880 bits per heavy atom. The largest absolute Gasteiger partial charge is 0.505 e. The molecular weight excluding hydrogens is 366 g/mol. The Morgan fingerprint density at radius 3 is 1.72 bits per heavy atom. The van der Waals surface area contributed by atoms with Crippen molar-refractivity contribution in [3.05, 3.63) is 15.1 Å². The topological polar surface area (TPSA) is 96.1 Å². The molecule has 0 radical (unpaired) electrons. The molecule has 0 aliphatic carbocycles. The summed E-state index contributed by atoms with van der Waals surface area (Å²) in [5, 5.41) is 21.2. The molecule has 0 atom stereocenters. The van der Waals surface area contributed by atoms with Gasteiger partial charge in [0.2, 0.25) is 0 Å². The van der Waals surface area contributed by atoms with Gasteiger partial charge >= 0.3 is 15.9 Å². The molecule has 2 N–H and O–H groups in total. The van der Waals surface area contributed by atoms with Gasteiger partial charge in [0.05, 0.1) is 23.6 Å². The van der Waals surface area contributed by atoms with Crippen molar-refractivity contribution in [2.45, 2.75) is 19.3 Å². The van der Waals surface area contributed by atoms with Gasteiger partial charge in [-0.3, -0.25) is 0 Å². The summed E-state index contributed by atoms with van der Waals surface area (Å²) in [5.41, 5.74) is -0.753. The number of fused-ring (bicyclic) bond motifs is 1. The molecule has 1 saturated heterocycles. The maximum atomic E-state index is 12.1. The van der Waals surface area contributed by atoms with Crippen LogP contribution in [0, 0.1) is 0 Å². The molecular formula is C16H18NO6S2+. The summed E-state index contributed by atoms with van der Waals surface area (Å²) in [7, 11) is 2.28. The lowest BCUT2D eigenvalue weighted by Crippen LogP contribution is -2.31. The first kappa shape index (κ1) is 17.7. The molecule has 9 heteroatoms. The first-order valence-corrected chi connectivity index (χ1v) is 9.39. The van der Waals surface area contributed by atoms with E-state index in [-0.39, 0.29) is 22.6 Å². The number of phenols is 2. The van der Waals surface area contributed by atoms with E-state index in [0.29, 0.717) is 9.40 Å². The average molecular weight is 384 g/mol. The SMILES string of the molecule is COC(=O)c1c(C(=O)OC)c(O)c2sc(=[N+]3CCCCC3)sc2c1O. The van der Waals surface area contributed by atoms with Gasteiger partial charge in [-0.2, -0.15) is 0 Å². The van der Waals surface area contributed by atoms with E-state index in [1.807, 2.05) is 0 Å². The number of benzene rings is 1. The second-order valence-corrected chi connectivity index (χ2v) is 7.86. The molecule has 134 valence electrons. The van der Waals surface area contributed by atoms with Gasteiger partial charge in [0.1, 0.15) is 35.7 Å². The van der Waals surface area contributed by atoms with Crippen LogP contribution in [0.2, 0.25) is 0 Å². The summed E-state index contributed by atoms with van der Waals surface area (Å²) in [6, 6.07) is 0. The zero-order valence-electron chi connectivity index (χ0n) is 13.8. The fourth-order valence-corrected chi connectivity index (χ4v) is 5.54. The maximum absolute atomic E-state index is 12.1. The van der Waals surface area contributed by atoms with Crippen LogP contribution < -0.4 is 8.56 Å². The molecule has 2 heterocycles. The van der Waals surface area contributed by atoms with Crippen molar-refractivity contribution in [1.29, 1.82) is 0 Å². The Labute approximate surface area is 151 Å². The van der Waals surface area contributed by atoms with Crippen LogP contribution in [0.4, 0.5) is 0 Å². The van der Waals surface area contributed by atoms with E-state index >= 15 is 0 Å². The van der Waals surface area contributed by atoms with Crippen LogP contribution in [0.25, 0.3) is 9.40 Å². The van der Waals surface area contributed by atoms with Crippen LogP contribution in [0.5, 0.6) is 11.5 Å². The molecule has 2 aromatic rings. The van der Waals surface area contributed by atoms with Gasteiger partial charge in [-0.15, -0.1) is 0 Å². The molecule has 0 spiro atoms. The van der Waals surface area contributed by atoms with Gasteiger partial charge in [0, 0.05) is 12.8 Å². The summed E-state index contributed by atoms with van der Waals surface area (Å²) in [6.45, 7) is 1.80. The molecule has 1 aromatic carbocycles. The fourth-order valence-electron chi connectivity index (χ4n) is 2.87. The van der Waals surface area contributed by atoms with Crippen molar-refractivity contribution in [3.8, 4) is 11.5 Å². The molecule has 0 saturated carbocycles. The quantitative estimate of drug-likeness (QED) is 0.466. The number of aromatic hydroxyl groups is 2. The molecule has 7 nitrogen and oxygen atoms in total. The van der Waals surface area contributed by atoms with Crippen molar-refractivity contribution in [2.24, 2.45) is 0 Å². The molecule has 3 rings (SSSR count). The third-order valence-electron chi connectivity index (χ3n) is 4.13. The number of hydrogen-bond acceptors (Lipinski definition) is 8. The molecule has 0 amide bonds. The van der Waals surface area contributed by atoms with Crippen molar-refractivity contribution >= 4 is 44.0 Å². The van der Waals surface area contributed by atoms with Gasteiger partial charge in [-0.25, -0.2) is 14.2 Å². The molecule has 0 bridgehead atoms. The smallest absolute Gasteiger partial charge is 0.342 e. The Morgan fingerprint density at radius 2 is 1.32 bits per heavy atom. The maximum Gasteiger partial charge on any atom is 0.342 e. The third kappa shape index (κ3) is 2.98. The third-order valence-corrected chi connectivity index (χ3v) is 6.83. The number of nitrogens with zero attached hydrogens (tertiary/aromatic N) is 1. The van der Waals surface area contributed by atoms with E-state index in [1.54, 1.807) is 0 Å². The van der Waals surface area contributed by atoms with E-state index < -0.39 is 11.9 Å². The van der Waals surface area contributed by atoms with Gasteiger partial charge in [-0.1, -0.05) is 22.7 Å². The zero-order valence-corrected chi connectivity index (χ0v) is 15.5. The Balaban J connectivity index is 2.37. The average Bonchev–Trinajstić information content (AvgIpc) is 3.10. The van der Waals surface area contributed by atoms with Crippen LogP contribution in [-0.4, -0.2) is 49.5 Å². The summed E-state index contributed by atoms with van der Waals surface area (Å²) < 4.78 is 13.1. The Hall–Kier alpha value is -2.13. The monoisotopic (exact) mass is 384 g/mol. The van der Waals surface area contributed by atoms with E-state index in [1.165, 1.54) is 29.1 Å². The summed E-state index contributed by atoms with van der Waals surface area (Å²) in [4.78, 5) is 24.2. The number of methoxy groups -OCH3 is 2. The number of carbonyl (C=O) groups is 2. The lowest BCUT2D eigenvalue weighted by atomic mass is 10.0. The first-order chi connectivity index (χ1) is 12.0. The molecule has 25 heavy (non-hydrogen) atoms. The first-order valence-electron chi connectivity index (χ1n) is 7.75. The van der Waals surface area contributed by atoms with Gasteiger partial charge in [0.25, 0.3) is 0 Å². The van der Waals surface area contributed by atoms with Crippen molar-refractivity contribution in [2.75, 3.05) is 27.3 Å². The summed E-state index contributed by atoms with van der Waals surface area (Å²) >= 11 is 2.58. The Kier molecular flexibility index (Phi) is 4.96. The second kappa shape index (κ2) is 7.01. The fraction of sp³-hybridized carbons (Fsp3) is 0.438. The number of ether oxygens (including phenoxy) is 2. The minimum absolute atomic E-state index is 0.358. The van der Waals surface area contributed by atoms with Crippen molar-refractivity contribution in [1.82, 2.24) is 4.58 Å². The number of piperidine rings is 1. The minimum Gasteiger partial charge on any atom is -0.505 e. The van der Waals surface area contributed by atoms with Crippen LogP contribution >= 0.6 is 22.7 Å². The highest BCUT2D eigenvalue weighted by Crippen LogP contribution is 2.43. The summed E-state index contributed by atoms with van der Waals surface area (Å²) in [6.07, 6.45) is 3.35. The zero-order chi connectivity index (χ0) is 18.1. The molecule has 0 unspecified atom stereocenters. The molecule has 1 aliphatic rings. The van der Waals surface area contributed by atoms with Gasteiger partial charge in [-0.05, 0) is 6.42 Å². The van der Waals surface area contributed by atoms with Crippen LogP contribution in [0.3, 0.4) is 0 Å². The highest BCUT2D eigenvalue weighted by molar-refractivity contribution is 7.36. The molecule has 1 aliphatic heterocycles. The van der Waals surface area contributed by atoms with Gasteiger partial charge < -0.3 is 19.7 Å². The predicted molar refractivity (Wildman–Crippen MR) is 94.6 cm³/mol. The standard InChI is InChI=1S/C16H17NO6S2/c1-22-14(20)8-9(15(21)23-2)11(19)13-12(10(8)18)24-16(25-13)17-6-4-3-5-7-17/h3-7H2,1-2H3,(H-,18,19,20,21)/p+1. The lowest BCUT2D eigenvalue weighted by molar-refractivity contribution is 0.0550. The number of hydrogen-bond donors (Lipinski definition) is 2. The van der Waals surface area contributed by atoms with Crippen molar-refractivity contribution in [3.63, 3.8) is 0 Å². The number of carbonyl (C=O) groups excluding carboxylic acids is 2. The van der Waals surface area contributed by atoms with E-state index in [9.17, 15) is 19.8 Å². The number of esters is 2. The van der Waals surface area contributed by atoms with E-state index in [2.05, 4.69) is 14.0 Å². The van der Waals surface area contributed by atoms with Gasteiger partial charge in [0.15, 0.2) is 0 Å². The number of phenolic OH excluding ortho intramolecular Hbond substituents is 2. The highest BCUT2D eigenvalue weighted by Gasteiger charge is 2.32. The van der Waals surface area contributed by atoms with E-state index in [0.717, 1.165) is 44.1 Å². The van der Waals surface area contributed by atoms with Crippen LogP contribution in [-0.2, 0) is 9.47 Å². The number of rotatable bonds is 2. The Bertz CT molecular complexity index is 857. The molecule has 1 fully saturated rings.